The van der Waals surface area contributed by atoms with Gasteiger partial charge in [-0.25, -0.2) is 9.78 Å². The number of alkyl halides is 2. The van der Waals surface area contributed by atoms with Gasteiger partial charge in [0.2, 0.25) is 5.88 Å². The van der Waals surface area contributed by atoms with Crippen molar-refractivity contribution in [2.24, 2.45) is 0 Å². The van der Waals surface area contributed by atoms with Gasteiger partial charge in [0.1, 0.15) is 5.60 Å². The maximum absolute atomic E-state index is 12.1. The van der Waals surface area contributed by atoms with Crippen LogP contribution in [-0.4, -0.2) is 23.3 Å². The summed E-state index contributed by atoms with van der Waals surface area (Å²) < 4.78 is 48.7. The Hall–Kier alpha value is -1.92. The number of alkyl carbamates (subject to hydrolysis) is 1. The van der Waals surface area contributed by atoms with Crippen LogP contribution in [0.5, 0.6) is 5.88 Å². The fourth-order valence-electron chi connectivity index (χ4n) is 1.07. The van der Waals surface area contributed by atoms with Crippen molar-refractivity contribution in [3.05, 3.63) is 23.9 Å². The molecule has 0 aliphatic heterocycles. The maximum atomic E-state index is 12.1. The van der Waals surface area contributed by atoms with Crippen LogP contribution in [0.3, 0.4) is 0 Å². The molecule has 0 spiro atoms. The molecule has 0 fully saturated rings. The standard InChI is InChI=1S/C12H16F2N2O3/c1-12(2,3)19-11(17)16-7-8-4-5-15-9(6-8)18-10(13)14/h4-6,10H,7H2,1-3H3,(H,16,17)/i7D2. The Balaban J connectivity index is 2.84. The predicted molar refractivity (Wildman–Crippen MR) is 63.9 cm³/mol. The average molecular weight is 276 g/mol. The van der Waals surface area contributed by atoms with E-state index in [0.29, 0.717) is 0 Å². The molecule has 0 radical (unpaired) electrons. The van der Waals surface area contributed by atoms with Gasteiger partial charge in [-0.15, -0.1) is 0 Å². The third kappa shape index (κ3) is 6.54. The molecule has 1 rings (SSSR count). The lowest BCUT2D eigenvalue weighted by Gasteiger charge is -2.19. The van der Waals surface area contributed by atoms with E-state index in [4.69, 9.17) is 7.48 Å². The zero-order chi connectivity index (χ0) is 16.3. The van der Waals surface area contributed by atoms with Crippen molar-refractivity contribution in [3.8, 4) is 5.88 Å². The van der Waals surface area contributed by atoms with Crippen molar-refractivity contribution in [1.29, 1.82) is 0 Å². The quantitative estimate of drug-likeness (QED) is 0.918. The van der Waals surface area contributed by atoms with Crippen LogP contribution in [-0.2, 0) is 11.2 Å². The van der Waals surface area contributed by atoms with Crippen molar-refractivity contribution < 1.29 is 25.8 Å². The van der Waals surface area contributed by atoms with Crippen molar-refractivity contribution in [2.45, 2.75) is 39.5 Å². The summed E-state index contributed by atoms with van der Waals surface area (Å²) in [4.78, 5) is 15.1. The molecule has 1 amide bonds. The number of rotatable bonds is 4. The SMILES string of the molecule is [2H]C([2H])(NC(=O)OC(C)(C)C)c1ccnc(OC(F)F)c1. The number of hydrogen-bond donors (Lipinski definition) is 1. The minimum atomic E-state index is -3.07. The number of carbonyl (C=O) groups is 1. The number of amides is 1. The fraction of sp³-hybridized carbons (Fsp3) is 0.500. The summed E-state index contributed by atoms with van der Waals surface area (Å²) in [5, 5.41) is 2.01. The van der Waals surface area contributed by atoms with Crippen LogP contribution in [0.2, 0.25) is 0 Å². The van der Waals surface area contributed by atoms with Crippen LogP contribution in [0.1, 0.15) is 29.1 Å². The van der Waals surface area contributed by atoms with Crippen molar-refractivity contribution in [1.82, 2.24) is 10.3 Å². The van der Waals surface area contributed by atoms with E-state index in [1.807, 2.05) is 5.32 Å². The minimum Gasteiger partial charge on any atom is -0.444 e. The molecule has 7 heteroatoms. The lowest BCUT2D eigenvalue weighted by molar-refractivity contribution is -0.0529. The molecule has 0 saturated heterocycles. The van der Waals surface area contributed by atoms with E-state index >= 15 is 0 Å². The molecule has 106 valence electrons. The predicted octanol–water partition coefficient (Wildman–Crippen LogP) is 2.71. The summed E-state index contributed by atoms with van der Waals surface area (Å²) in [6.45, 7) is -0.515. The van der Waals surface area contributed by atoms with E-state index in [-0.39, 0.29) is 5.56 Å². The molecule has 0 aliphatic carbocycles. The normalized spacial score (nSPS) is 13.6. The monoisotopic (exact) mass is 276 g/mol. The zero-order valence-corrected chi connectivity index (χ0v) is 10.7. The smallest absolute Gasteiger partial charge is 0.407 e. The lowest BCUT2D eigenvalue weighted by atomic mass is 10.2. The molecule has 0 saturated carbocycles. The Labute approximate surface area is 112 Å². The van der Waals surface area contributed by atoms with Crippen LogP contribution < -0.4 is 10.1 Å². The number of ether oxygens (including phenoxy) is 2. The minimum absolute atomic E-state index is 0.0981. The van der Waals surface area contributed by atoms with Gasteiger partial charge in [0, 0.05) is 18.8 Å². The van der Waals surface area contributed by atoms with Crippen molar-refractivity contribution in [2.75, 3.05) is 0 Å². The van der Waals surface area contributed by atoms with Crippen molar-refractivity contribution >= 4 is 6.09 Å². The van der Waals surface area contributed by atoms with Gasteiger partial charge >= 0.3 is 12.7 Å². The van der Waals surface area contributed by atoms with Gasteiger partial charge in [-0.1, -0.05) is 0 Å². The molecule has 1 heterocycles. The number of carbonyl (C=O) groups excluding carboxylic acids is 1. The first-order chi connectivity index (χ1) is 9.49. The Morgan fingerprint density at radius 2 is 2.26 bits per heavy atom. The van der Waals surface area contributed by atoms with Gasteiger partial charge in [0.25, 0.3) is 0 Å². The molecule has 1 aromatic heterocycles. The van der Waals surface area contributed by atoms with Crippen LogP contribution in [0.25, 0.3) is 0 Å². The average Bonchev–Trinajstić information content (AvgIpc) is 2.24. The third-order valence-electron chi connectivity index (χ3n) is 1.65. The second-order valence-electron chi connectivity index (χ2n) is 4.51. The van der Waals surface area contributed by atoms with Crippen molar-refractivity contribution in [3.63, 3.8) is 0 Å². The fourth-order valence-corrected chi connectivity index (χ4v) is 1.07. The summed E-state index contributed by atoms with van der Waals surface area (Å²) in [7, 11) is 0. The summed E-state index contributed by atoms with van der Waals surface area (Å²) in [6, 6.07) is 2.21. The molecule has 0 aromatic carbocycles. The number of nitrogens with one attached hydrogen (secondary N) is 1. The second kappa shape index (κ2) is 6.31. The summed E-state index contributed by atoms with van der Waals surface area (Å²) >= 11 is 0. The lowest BCUT2D eigenvalue weighted by Crippen LogP contribution is -2.32. The molecule has 1 N–H and O–H groups in total. The number of halogens is 2. The Kier molecular flexibility index (Phi) is 4.03. The first-order valence-corrected chi connectivity index (χ1v) is 5.42. The number of nitrogens with zero attached hydrogens (tertiary/aromatic N) is 1. The Bertz CT molecular complexity index is 508. The van der Waals surface area contributed by atoms with Gasteiger partial charge in [0.05, 0.1) is 2.74 Å². The highest BCUT2D eigenvalue weighted by atomic mass is 19.3. The molecule has 0 unspecified atom stereocenters. The summed E-state index contributed by atoms with van der Waals surface area (Å²) in [5.41, 5.74) is -0.887. The molecular weight excluding hydrogens is 258 g/mol. The van der Waals surface area contributed by atoms with E-state index < -0.39 is 30.7 Å². The topological polar surface area (TPSA) is 60.5 Å². The van der Waals surface area contributed by atoms with Gasteiger partial charge < -0.3 is 14.8 Å². The Morgan fingerprint density at radius 1 is 1.58 bits per heavy atom. The number of hydrogen-bond acceptors (Lipinski definition) is 4. The highest BCUT2D eigenvalue weighted by Crippen LogP contribution is 2.12. The van der Waals surface area contributed by atoms with E-state index in [1.165, 1.54) is 6.07 Å². The van der Waals surface area contributed by atoms with E-state index in [0.717, 1.165) is 12.3 Å². The van der Waals surface area contributed by atoms with Crippen LogP contribution in [0.4, 0.5) is 13.6 Å². The van der Waals surface area contributed by atoms with E-state index in [1.54, 1.807) is 20.8 Å². The first kappa shape index (κ1) is 12.1. The first-order valence-electron chi connectivity index (χ1n) is 6.42. The second-order valence-corrected chi connectivity index (χ2v) is 4.51. The van der Waals surface area contributed by atoms with Gasteiger partial charge in [-0.3, -0.25) is 0 Å². The Morgan fingerprint density at radius 3 is 2.84 bits per heavy atom. The van der Waals surface area contributed by atoms with Crippen LogP contribution in [0, 0.1) is 0 Å². The van der Waals surface area contributed by atoms with Gasteiger partial charge in [-0.05, 0) is 32.4 Å². The van der Waals surface area contributed by atoms with Gasteiger partial charge in [-0.2, -0.15) is 8.78 Å². The molecule has 0 atom stereocenters. The highest BCUT2D eigenvalue weighted by Gasteiger charge is 2.15. The molecule has 0 bridgehead atoms. The third-order valence-corrected chi connectivity index (χ3v) is 1.65. The number of aromatic nitrogens is 1. The highest BCUT2D eigenvalue weighted by molar-refractivity contribution is 5.67. The zero-order valence-electron chi connectivity index (χ0n) is 12.7. The maximum Gasteiger partial charge on any atom is 0.407 e. The molecular formula is C12H16F2N2O3. The summed E-state index contributed by atoms with van der Waals surface area (Å²) in [6.07, 6.45) is 0.127. The molecule has 19 heavy (non-hydrogen) atoms. The van der Waals surface area contributed by atoms with E-state index in [2.05, 4.69) is 9.72 Å². The van der Waals surface area contributed by atoms with Gasteiger partial charge in [0.15, 0.2) is 0 Å². The number of pyridine rings is 1. The molecule has 1 aromatic rings. The summed E-state index contributed by atoms with van der Waals surface area (Å²) in [5.74, 6) is -0.447. The van der Waals surface area contributed by atoms with Crippen LogP contribution >= 0.6 is 0 Å². The molecule has 5 nitrogen and oxygen atoms in total. The van der Waals surface area contributed by atoms with Crippen LogP contribution in [0.15, 0.2) is 18.3 Å². The largest absolute Gasteiger partial charge is 0.444 e. The molecule has 0 aliphatic rings. The van der Waals surface area contributed by atoms with E-state index in [9.17, 15) is 13.6 Å².